The molecule has 0 radical (unpaired) electrons. The van der Waals surface area contributed by atoms with Crippen LogP contribution in [0.5, 0.6) is 11.5 Å². The fraction of sp³-hybridized carbons (Fsp3) is 0.316. The van der Waals surface area contributed by atoms with Crippen LogP contribution in [-0.4, -0.2) is 33.3 Å². The van der Waals surface area contributed by atoms with Crippen LogP contribution in [0.1, 0.15) is 11.1 Å². The standard InChI is InChI=1S/C19H24N2O3/c1-23-17-8-6-15(7-9-17)10-12-20-19(22)21-13-11-16-4-3-5-18(14-16)24-2/h3-9,14H,10-13H2,1-2H3,(H2,20,21,22). The summed E-state index contributed by atoms with van der Waals surface area (Å²) >= 11 is 0. The molecule has 0 atom stereocenters. The van der Waals surface area contributed by atoms with Crippen molar-refractivity contribution in [2.24, 2.45) is 0 Å². The summed E-state index contributed by atoms with van der Waals surface area (Å²) in [5, 5.41) is 5.72. The maximum absolute atomic E-state index is 11.8. The van der Waals surface area contributed by atoms with Crippen molar-refractivity contribution in [3.05, 3.63) is 59.7 Å². The lowest BCUT2D eigenvalue weighted by Gasteiger charge is -2.09. The molecule has 0 aliphatic carbocycles. The lowest BCUT2D eigenvalue weighted by molar-refractivity contribution is 0.241. The Kier molecular flexibility index (Phi) is 6.95. The summed E-state index contributed by atoms with van der Waals surface area (Å²) in [6, 6.07) is 15.5. The van der Waals surface area contributed by atoms with Gasteiger partial charge in [0, 0.05) is 13.1 Å². The van der Waals surface area contributed by atoms with Crippen LogP contribution in [0.25, 0.3) is 0 Å². The molecule has 24 heavy (non-hydrogen) atoms. The van der Waals surface area contributed by atoms with Crippen LogP contribution in [0.4, 0.5) is 4.79 Å². The van der Waals surface area contributed by atoms with Crippen LogP contribution in [0, 0.1) is 0 Å². The van der Waals surface area contributed by atoms with Crippen LogP contribution in [0.2, 0.25) is 0 Å². The van der Waals surface area contributed by atoms with Crippen molar-refractivity contribution in [3.63, 3.8) is 0 Å². The van der Waals surface area contributed by atoms with Crippen molar-refractivity contribution in [3.8, 4) is 11.5 Å². The Labute approximate surface area is 143 Å². The molecule has 2 rings (SSSR count). The van der Waals surface area contributed by atoms with Crippen molar-refractivity contribution in [1.82, 2.24) is 10.6 Å². The molecule has 0 unspecified atom stereocenters. The lowest BCUT2D eigenvalue weighted by atomic mass is 10.1. The molecule has 2 aromatic rings. The Morgan fingerprint density at radius 1 is 0.833 bits per heavy atom. The van der Waals surface area contributed by atoms with Gasteiger partial charge in [-0.1, -0.05) is 24.3 Å². The predicted octanol–water partition coefficient (Wildman–Crippen LogP) is 2.79. The first-order valence-corrected chi connectivity index (χ1v) is 7.99. The molecule has 2 aromatic carbocycles. The summed E-state index contributed by atoms with van der Waals surface area (Å²) in [4.78, 5) is 11.8. The van der Waals surface area contributed by atoms with Gasteiger partial charge in [-0.15, -0.1) is 0 Å². The fourth-order valence-corrected chi connectivity index (χ4v) is 2.32. The summed E-state index contributed by atoms with van der Waals surface area (Å²) in [5.41, 5.74) is 2.29. The number of carbonyl (C=O) groups is 1. The zero-order valence-electron chi connectivity index (χ0n) is 14.2. The number of methoxy groups -OCH3 is 2. The van der Waals surface area contributed by atoms with E-state index in [1.807, 2.05) is 48.5 Å². The molecular weight excluding hydrogens is 304 g/mol. The van der Waals surface area contributed by atoms with Gasteiger partial charge in [-0.25, -0.2) is 4.79 Å². The summed E-state index contributed by atoms with van der Waals surface area (Å²) in [5.74, 6) is 1.67. The van der Waals surface area contributed by atoms with Gasteiger partial charge >= 0.3 is 6.03 Å². The molecule has 2 amide bonds. The van der Waals surface area contributed by atoms with E-state index < -0.39 is 0 Å². The van der Waals surface area contributed by atoms with Crippen LogP contribution in [-0.2, 0) is 12.8 Å². The predicted molar refractivity (Wildman–Crippen MR) is 94.8 cm³/mol. The number of benzene rings is 2. The number of carbonyl (C=O) groups excluding carboxylic acids is 1. The molecule has 0 bridgehead atoms. The minimum atomic E-state index is -0.147. The second-order valence-corrected chi connectivity index (χ2v) is 5.38. The number of hydrogen-bond acceptors (Lipinski definition) is 3. The minimum absolute atomic E-state index is 0.147. The molecule has 0 spiro atoms. The summed E-state index contributed by atoms with van der Waals surface area (Å²) in [7, 11) is 3.29. The Balaban J connectivity index is 1.64. The second-order valence-electron chi connectivity index (χ2n) is 5.38. The van der Waals surface area contributed by atoms with Crippen molar-refractivity contribution < 1.29 is 14.3 Å². The van der Waals surface area contributed by atoms with Crippen molar-refractivity contribution in [2.45, 2.75) is 12.8 Å². The van der Waals surface area contributed by atoms with E-state index in [2.05, 4.69) is 10.6 Å². The van der Waals surface area contributed by atoms with Gasteiger partial charge in [0.05, 0.1) is 14.2 Å². The van der Waals surface area contributed by atoms with Crippen LogP contribution in [0.3, 0.4) is 0 Å². The average Bonchev–Trinajstić information content (AvgIpc) is 2.62. The van der Waals surface area contributed by atoms with Gasteiger partial charge in [0.2, 0.25) is 0 Å². The molecule has 5 nitrogen and oxygen atoms in total. The minimum Gasteiger partial charge on any atom is -0.497 e. The third-order valence-electron chi connectivity index (χ3n) is 3.69. The Morgan fingerprint density at radius 2 is 1.46 bits per heavy atom. The quantitative estimate of drug-likeness (QED) is 0.783. The van der Waals surface area contributed by atoms with Crippen molar-refractivity contribution in [2.75, 3.05) is 27.3 Å². The SMILES string of the molecule is COc1ccc(CCNC(=O)NCCc2cccc(OC)c2)cc1. The molecule has 0 aliphatic heterocycles. The maximum Gasteiger partial charge on any atom is 0.314 e. The van der Waals surface area contributed by atoms with Crippen molar-refractivity contribution >= 4 is 6.03 Å². The fourth-order valence-electron chi connectivity index (χ4n) is 2.32. The lowest BCUT2D eigenvalue weighted by Crippen LogP contribution is -2.37. The van der Waals surface area contributed by atoms with Crippen LogP contribution >= 0.6 is 0 Å². The summed E-state index contributed by atoms with van der Waals surface area (Å²) in [6.45, 7) is 1.18. The highest BCUT2D eigenvalue weighted by Gasteiger charge is 2.01. The van der Waals surface area contributed by atoms with E-state index in [-0.39, 0.29) is 6.03 Å². The Bertz CT molecular complexity index is 641. The topological polar surface area (TPSA) is 59.6 Å². The monoisotopic (exact) mass is 328 g/mol. The van der Waals surface area contributed by atoms with E-state index >= 15 is 0 Å². The zero-order valence-corrected chi connectivity index (χ0v) is 14.2. The van der Waals surface area contributed by atoms with Gasteiger partial charge in [0.15, 0.2) is 0 Å². The Morgan fingerprint density at radius 3 is 2.08 bits per heavy atom. The molecule has 0 fully saturated rings. The van der Waals surface area contributed by atoms with Gasteiger partial charge in [0.25, 0.3) is 0 Å². The van der Waals surface area contributed by atoms with E-state index in [9.17, 15) is 4.79 Å². The highest BCUT2D eigenvalue weighted by molar-refractivity contribution is 5.73. The summed E-state index contributed by atoms with van der Waals surface area (Å²) in [6.07, 6.45) is 1.55. The van der Waals surface area contributed by atoms with Crippen molar-refractivity contribution in [1.29, 1.82) is 0 Å². The number of rotatable bonds is 8. The normalized spacial score (nSPS) is 10.1. The average molecular weight is 328 g/mol. The first-order chi connectivity index (χ1) is 11.7. The van der Waals surface area contributed by atoms with Gasteiger partial charge in [-0.2, -0.15) is 0 Å². The molecule has 5 heteroatoms. The zero-order chi connectivity index (χ0) is 17.2. The van der Waals surface area contributed by atoms with Gasteiger partial charge in [0.1, 0.15) is 11.5 Å². The van der Waals surface area contributed by atoms with Gasteiger partial charge in [-0.05, 0) is 48.2 Å². The molecule has 0 aliphatic rings. The van der Waals surface area contributed by atoms with E-state index in [1.54, 1.807) is 14.2 Å². The van der Waals surface area contributed by atoms with Crippen LogP contribution in [0.15, 0.2) is 48.5 Å². The second kappa shape index (κ2) is 9.45. The number of urea groups is 1. The van der Waals surface area contributed by atoms with E-state index in [0.717, 1.165) is 35.5 Å². The third kappa shape index (κ3) is 5.83. The third-order valence-corrected chi connectivity index (χ3v) is 3.69. The van der Waals surface area contributed by atoms with Gasteiger partial charge in [-0.3, -0.25) is 0 Å². The number of hydrogen-bond donors (Lipinski definition) is 2. The molecule has 0 saturated heterocycles. The molecule has 2 N–H and O–H groups in total. The molecule has 128 valence electrons. The van der Waals surface area contributed by atoms with E-state index in [0.29, 0.717) is 13.1 Å². The first kappa shape index (κ1) is 17.7. The molecule has 0 heterocycles. The first-order valence-electron chi connectivity index (χ1n) is 7.99. The summed E-state index contributed by atoms with van der Waals surface area (Å²) < 4.78 is 10.3. The Hall–Kier alpha value is -2.69. The smallest absolute Gasteiger partial charge is 0.314 e. The molecule has 0 aromatic heterocycles. The van der Waals surface area contributed by atoms with Crippen LogP contribution < -0.4 is 20.1 Å². The molecule has 0 saturated carbocycles. The number of amides is 2. The molecular formula is C19H24N2O3. The highest BCUT2D eigenvalue weighted by atomic mass is 16.5. The number of ether oxygens (including phenoxy) is 2. The van der Waals surface area contributed by atoms with E-state index in [1.165, 1.54) is 0 Å². The number of nitrogens with one attached hydrogen (secondary N) is 2. The largest absolute Gasteiger partial charge is 0.497 e. The highest BCUT2D eigenvalue weighted by Crippen LogP contribution is 2.12. The maximum atomic E-state index is 11.8. The van der Waals surface area contributed by atoms with E-state index in [4.69, 9.17) is 9.47 Å². The van der Waals surface area contributed by atoms with Gasteiger partial charge < -0.3 is 20.1 Å².